The quantitative estimate of drug-likeness (QED) is 0.793. The fourth-order valence-corrected chi connectivity index (χ4v) is 2.54. The van der Waals surface area contributed by atoms with Crippen LogP contribution in [0, 0.1) is 0 Å². The first-order chi connectivity index (χ1) is 10.2. The Morgan fingerprint density at radius 2 is 1.90 bits per heavy atom. The van der Waals surface area contributed by atoms with E-state index in [1.54, 1.807) is 0 Å². The topological polar surface area (TPSA) is 62.2 Å². The van der Waals surface area contributed by atoms with Gasteiger partial charge in [0.25, 0.3) is 0 Å². The molecule has 2 rings (SSSR count). The van der Waals surface area contributed by atoms with E-state index in [-0.39, 0.29) is 12.7 Å². The van der Waals surface area contributed by atoms with Gasteiger partial charge in [-0.05, 0) is 50.6 Å². The fraction of sp³-hybridized carbons (Fsp3) is 0.625. The van der Waals surface area contributed by atoms with Crippen LogP contribution in [-0.2, 0) is 0 Å². The Morgan fingerprint density at radius 1 is 1.24 bits per heavy atom. The van der Waals surface area contributed by atoms with Crippen LogP contribution in [0.15, 0.2) is 24.3 Å². The van der Waals surface area contributed by atoms with Crippen molar-refractivity contribution in [2.45, 2.75) is 32.0 Å². The van der Waals surface area contributed by atoms with E-state index in [0.29, 0.717) is 19.7 Å². The van der Waals surface area contributed by atoms with Gasteiger partial charge in [0.2, 0.25) is 0 Å². The highest BCUT2D eigenvalue weighted by molar-refractivity contribution is 5.31. The smallest absolute Gasteiger partial charge is 0.119 e. The van der Waals surface area contributed by atoms with Crippen molar-refractivity contribution in [2.24, 2.45) is 0 Å². The molecule has 0 bridgehead atoms. The highest BCUT2D eigenvalue weighted by atomic mass is 16.5. The van der Waals surface area contributed by atoms with Crippen LogP contribution in [0.25, 0.3) is 0 Å². The second kappa shape index (κ2) is 8.22. The van der Waals surface area contributed by atoms with Crippen LogP contribution in [0.1, 0.15) is 19.8 Å². The lowest BCUT2D eigenvalue weighted by molar-refractivity contribution is 0.0243. The van der Waals surface area contributed by atoms with Gasteiger partial charge in [0, 0.05) is 13.1 Å². The molecule has 21 heavy (non-hydrogen) atoms. The average Bonchev–Trinajstić information content (AvgIpc) is 2.47. The summed E-state index contributed by atoms with van der Waals surface area (Å²) in [6.07, 6.45) is 1.02. The Bertz CT molecular complexity index is 409. The molecule has 2 atom stereocenters. The van der Waals surface area contributed by atoms with Gasteiger partial charge in [0.05, 0.1) is 12.7 Å². The molecular formula is C16H25NO4. The minimum Gasteiger partial charge on any atom is -0.494 e. The third-order valence-corrected chi connectivity index (χ3v) is 3.53. The predicted octanol–water partition coefficient (Wildman–Crippen LogP) is 1.28. The number of aliphatic hydroxyl groups excluding tert-OH is 2. The van der Waals surface area contributed by atoms with E-state index in [1.807, 2.05) is 31.2 Å². The summed E-state index contributed by atoms with van der Waals surface area (Å²) >= 11 is 0. The third-order valence-electron chi connectivity index (χ3n) is 3.53. The molecule has 0 spiro atoms. The molecule has 0 saturated carbocycles. The third kappa shape index (κ3) is 5.53. The zero-order valence-corrected chi connectivity index (χ0v) is 12.6. The van der Waals surface area contributed by atoms with E-state index in [4.69, 9.17) is 9.47 Å². The molecule has 1 aromatic carbocycles. The molecule has 1 saturated heterocycles. The number of ether oxygens (including phenoxy) is 2. The van der Waals surface area contributed by atoms with E-state index in [9.17, 15) is 10.2 Å². The van der Waals surface area contributed by atoms with Crippen molar-refractivity contribution >= 4 is 0 Å². The van der Waals surface area contributed by atoms with Crippen LogP contribution in [-0.4, -0.2) is 60.2 Å². The van der Waals surface area contributed by atoms with Gasteiger partial charge in [-0.25, -0.2) is 0 Å². The van der Waals surface area contributed by atoms with Gasteiger partial charge in [0.1, 0.15) is 24.2 Å². The molecule has 1 heterocycles. The number of hydrogen-bond donors (Lipinski definition) is 2. The molecule has 1 fully saturated rings. The van der Waals surface area contributed by atoms with Crippen molar-refractivity contribution in [3.05, 3.63) is 24.3 Å². The maximum atomic E-state index is 10.0. The van der Waals surface area contributed by atoms with Gasteiger partial charge in [-0.15, -0.1) is 0 Å². The van der Waals surface area contributed by atoms with Gasteiger partial charge >= 0.3 is 0 Å². The first-order valence-corrected chi connectivity index (χ1v) is 7.61. The standard InChI is InChI=1S/C16H25NO4/c1-2-20-15-5-7-16(8-6-15)21-12-14(19)11-17-9-3-4-13(18)10-17/h5-8,13-14,18-19H,2-4,9-12H2,1H3/t13-,14-/m0/s1. The minimum atomic E-state index is -0.554. The van der Waals surface area contributed by atoms with Gasteiger partial charge in [0.15, 0.2) is 0 Å². The molecule has 1 aliphatic heterocycles. The van der Waals surface area contributed by atoms with Crippen LogP contribution in [0.2, 0.25) is 0 Å². The van der Waals surface area contributed by atoms with E-state index >= 15 is 0 Å². The zero-order chi connectivity index (χ0) is 15.1. The lowest BCUT2D eigenvalue weighted by Gasteiger charge is -2.31. The molecule has 5 heteroatoms. The van der Waals surface area contributed by atoms with Crippen LogP contribution >= 0.6 is 0 Å². The van der Waals surface area contributed by atoms with Gasteiger partial charge in [-0.3, -0.25) is 4.90 Å². The molecule has 0 aromatic heterocycles. The number of β-amino-alcohol motifs (C(OH)–C–C–N with tert-alkyl or cyclic N) is 2. The van der Waals surface area contributed by atoms with Crippen LogP contribution in [0.5, 0.6) is 11.5 Å². The Hall–Kier alpha value is -1.30. The molecule has 5 nitrogen and oxygen atoms in total. The number of likely N-dealkylation sites (tertiary alicyclic amines) is 1. The van der Waals surface area contributed by atoms with E-state index in [2.05, 4.69) is 4.90 Å². The summed E-state index contributed by atoms with van der Waals surface area (Å²) in [6, 6.07) is 7.38. The second-order valence-corrected chi connectivity index (χ2v) is 5.42. The number of hydrogen-bond acceptors (Lipinski definition) is 5. The SMILES string of the molecule is CCOc1ccc(OC[C@@H](O)CN2CCC[C@H](O)C2)cc1. The second-order valence-electron chi connectivity index (χ2n) is 5.42. The number of benzene rings is 1. The van der Waals surface area contributed by atoms with Crippen LogP contribution in [0.4, 0.5) is 0 Å². The summed E-state index contributed by atoms with van der Waals surface area (Å²) in [4.78, 5) is 2.08. The lowest BCUT2D eigenvalue weighted by atomic mass is 10.1. The highest BCUT2D eigenvalue weighted by Gasteiger charge is 2.20. The number of aliphatic hydroxyl groups is 2. The van der Waals surface area contributed by atoms with Crippen molar-refractivity contribution in [3.8, 4) is 11.5 Å². The summed E-state index contributed by atoms with van der Waals surface area (Å²) < 4.78 is 10.9. The Balaban J connectivity index is 1.71. The maximum absolute atomic E-state index is 10.0. The molecule has 0 unspecified atom stereocenters. The van der Waals surface area contributed by atoms with Crippen molar-refractivity contribution in [2.75, 3.05) is 32.8 Å². The van der Waals surface area contributed by atoms with E-state index in [1.165, 1.54) is 0 Å². The first-order valence-electron chi connectivity index (χ1n) is 7.61. The molecular weight excluding hydrogens is 270 g/mol. The van der Waals surface area contributed by atoms with Crippen LogP contribution < -0.4 is 9.47 Å². The Morgan fingerprint density at radius 3 is 2.52 bits per heavy atom. The predicted molar refractivity (Wildman–Crippen MR) is 80.8 cm³/mol. The fourth-order valence-electron chi connectivity index (χ4n) is 2.54. The van der Waals surface area contributed by atoms with Gasteiger partial charge < -0.3 is 19.7 Å². The summed E-state index contributed by atoms with van der Waals surface area (Å²) in [5, 5.41) is 19.6. The summed E-state index contributed by atoms with van der Waals surface area (Å²) in [6.45, 7) is 4.94. The largest absolute Gasteiger partial charge is 0.494 e. The maximum Gasteiger partial charge on any atom is 0.119 e. The van der Waals surface area contributed by atoms with E-state index in [0.717, 1.165) is 30.9 Å². The lowest BCUT2D eigenvalue weighted by Crippen LogP contribution is -2.43. The summed E-state index contributed by atoms with van der Waals surface area (Å²) in [7, 11) is 0. The summed E-state index contributed by atoms with van der Waals surface area (Å²) in [5.41, 5.74) is 0. The monoisotopic (exact) mass is 295 g/mol. The van der Waals surface area contributed by atoms with Gasteiger partial charge in [-0.1, -0.05) is 0 Å². The number of piperidine rings is 1. The van der Waals surface area contributed by atoms with Crippen molar-refractivity contribution in [3.63, 3.8) is 0 Å². The van der Waals surface area contributed by atoms with Crippen molar-refractivity contribution < 1.29 is 19.7 Å². The average molecular weight is 295 g/mol. The minimum absolute atomic E-state index is 0.251. The van der Waals surface area contributed by atoms with Crippen LogP contribution in [0.3, 0.4) is 0 Å². The molecule has 118 valence electrons. The van der Waals surface area contributed by atoms with Gasteiger partial charge in [-0.2, -0.15) is 0 Å². The molecule has 0 aliphatic carbocycles. The summed E-state index contributed by atoms with van der Waals surface area (Å²) in [5.74, 6) is 1.53. The molecule has 2 N–H and O–H groups in total. The van der Waals surface area contributed by atoms with Crippen molar-refractivity contribution in [1.82, 2.24) is 4.90 Å². The van der Waals surface area contributed by atoms with E-state index < -0.39 is 6.10 Å². The highest BCUT2D eigenvalue weighted by Crippen LogP contribution is 2.18. The Labute approximate surface area is 126 Å². The molecule has 0 radical (unpaired) electrons. The number of nitrogens with zero attached hydrogens (tertiary/aromatic N) is 1. The normalized spacial score (nSPS) is 21.0. The molecule has 0 amide bonds. The molecule has 1 aliphatic rings. The zero-order valence-electron chi connectivity index (χ0n) is 12.6. The Kier molecular flexibility index (Phi) is 6.29. The van der Waals surface area contributed by atoms with Crippen molar-refractivity contribution in [1.29, 1.82) is 0 Å². The molecule has 1 aromatic rings. The number of rotatable bonds is 7. The first kappa shape index (κ1) is 16.1.